The van der Waals surface area contributed by atoms with Crippen LogP contribution in [-0.4, -0.2) is 89.6 Å². The average molecular weight is 718 g/mol. The second kappa shape index (κ2) is 17.8. The van der Waals surface area contributed by atoms with Gasteiger partial charge < -0.3 is 34.7 Å². The van der Waals surface area contributed by atoms with Crippen molar-refractivity contribution < 1.29 is 38.4 Å². The lowest BCUT2D eigenvalue weighted by Crippen LogP contribution is -2.59. The second-order valence-electron chi connectivity index (χ2n) is 14.6. The Bertz CT molecular complexity index is 1600. The van der Waals surface area contributed by atoms with Crippen LogP contribution in [0.2, 0.25) is 0 Å². The Morgan fingerprint density at radius 1 is 0.942 bits per heavy atom. The van der Waals surface area contributed by atoms with Crippen LogP contribution in [0.25, 0.3) is 11.3 Å². The van der Waals surface area contributed by atoms with E-state index in [1.807, 2.05) is 93.6 Å². The standard InChI is InChI=1S/C39H51N5O8/c1-25(2)51-38(48)42-34(39(3,4)5)35(46)43-44(22-27-14-16-28(17-15-27)30-13-9-10-19-40-30)23-32(45)31(21-26-11-7-6-8-12-26)41-37(47)52-33-24-50-36-29(33)18-20-49-36/h6-17,19,25,29,31-34,36,45H,18,20-24H2,1-5H3,(H,41,47)(H,42,48)(H,43,46). The minimum atomic E-state index is -1.17. The Morgan fingerprint density at radius 2 is 1.67 bits per heavy atom. The fraction of sp³-hybridized carbons (Fsp3) is 0.487. The number of fused-ring (bicyclic) bond motifs is 1. The van der Waals surface area contributed by atoms with Crippen LogP contribution in [-0.2, 0) is 36.7 Å². The van der Waals surface area contributed by atoms with Crippen molar-refractivity contribution in [3.05, 3.63) is 90.1 Å². The molecule has 2 aliphatic rings. The van der Waals surface area contributed by atoms with E-state index in [4.69, 9.17) is 18.9 Å². The number of benzene rings is 2. The summed E-state index contributed by atoms with van der Waals surface area (Å²) in [6.07, 6.45) is -1.02. The first-order chi connectivity index (χ1) is 24.9. The molecule has 0 bridgehead atoms. The highest BCUT2D eigenvalue weighted by Crippen LogP contribution is 2.33. The highest BCUT2D eigenvalue weighted by Gasteiger charge is 2.44. The van der Waals surface area contributed by atoms with Crippen LogP contribution >= 0.6 is 0 Å². The molecule has 5 rings (SSSR count). The predicted molar refractivity (Wildman–Crippen MR) is 193 cm³/mol. The summed E-state index contributed by atoms with van der Waals surface area (Å²) < 4.78 is 22.3. The summed E-state index contributed by atoms with van der Waals surface area (Å²) in [5, 5.41) is 19.0. The second-order valence-corrected chi connectivity index (χ2v) is 14.6. The van der Waals surface area contributed by atoms with Crippen LogP contribution in [0.1, 0.15) is 52.2 Å². The maximum atomic E-state index is 13.9. The van der Waals surface area contributed by atoms with Crippen LogP contribution in [0.4, 0.5) is 9.59 Å². The van der Waals surface area contributed by atoms with Gasteiger partial charge in [0.15, 0.2) is 6.29 Å². The van der Waals surface area contributed by atoms with E-state index in [1.54, 1.807) is 25.1 Å². The number of hydrogen-bond acceptors (Lipinski definition) is 10. The number of amides is 3. The lowest BCUT2D eigenvalue weighted by Gasteiger charge is -2.34. The fourth-order valence-corrected chi connectivity index (χ4v) is 6.32. The van der Waals surface area contributed by atoms with Crippen LogP contribution in [0.3, 0.4) is 0 Å². The highest BCUT2D eigenvalue weighted by molar-refractivity contribution is 5.86. The molecule has 6 unspecified atom stereocenters. The monoisotopic (exact) mass is 717 g/mol. The average Bonchev–Trinajstić information content (AvgIpc) is 3.72. The molecule has 3 heterocycles. The number of nitrogens with one attached hydrogen (secondary N) is 3. The molecule has 6 atom stereocenters. The van der Waals surface area contributed by atoms with E-state index in [9.17, 15) is 19.5 Å². The zero-order valence-electron chi connectivity index (χ0n) is 30.5. The minimum absolute atomic E-state index is 0.0415. The topological polar surface area (TPSA) is 161 Å². The number of hydrogen-bond donors (Lipinski definition) is 4. The minimum Gasteiger partial charge on any atom is -0.447 e. The molecule has 52 heavy (non-hydrogen) atoms. The Balaban J connectivity index is 1.36. The molecule has 2 fully saturated rings. The molecule has 0 radical (unpaired) electrons. The lowest BCUT2D eigenvalue weighted by molar-refractivity contribution is -0.131. The first-order valence-corrected chi connectivity index (χ1v) is 17.8. The summed E-state index contributed by atoms with van der Waals surface area (Å²) in [5.41, 5.74) is 5.73. The van der Waals surface area contributed by atoms with Gasteiger partial charge in [0.25, 0.3) is 5.91 Å². The van der Waals surface area contributed by atoms with Crippen molar-refractivity contribution in [3.63, 3.8) is 0 Å². The van der Waals surface area contributed by atoms with Crippen LogP contribution < -0.4 is 16.1 Å². The molecule has 2 aromatic carbocycles. The first kappa shape index (κ1) is 38.7. The Morgan fingerprint density at radius 3 is 2.35 bits per heavy atom. The van der Waals surface area contributed by atoms with Crippen LogP contribution in [0, 0.1) is 11.3 Å². The quantitative estimate of drug-likeness (QED) is 0.174. The molecule has 280 valence electrons. The largest absolute Gasteiger partial charge is 0.447 e. The van der Waals surface area contributed by atoms with Gasteiger partial charge in [0.05, 0.1) is 43.1 Å². The van der Waals surface area contributed by atoms with Crippen molar-refractivity contribution in [1.82, 2.24) is 26.1 Å². The number of aliphatic hydroxyl groups excluding tert-OH is 1. The molecule has 2 saturated heterocycles. The number of alkyl carbamates (subject to hydrolysis) is 2. The molecule has 3 amide bonds. The third-order valence-electron chi connectivity index (χ3n) is 9.01. The summed E-state index contributed by atoms with van der Waals surface area (Å²) in [7, 11) is 0. The van der Waals surface area contributed by atoms with Crippen molar-refractivity contribution in [1.29, 1.82) is 0 Å². The summed E-state index contributed by atoms with van der Waals surface area (Å²) >= 11 is 0. The predicted octanol–water partition coefficient (Wildman–Crippen LogP) is 4.59. The summed E-state index contributed by atoms with van der Waals surface area (Å²) in [6.45, 7) is 9.87. The van der Waals surface area contributed by atoms with Gasteiger partial charge in [-0.15, -0.1) is 0 Å². The third kappa shape index (κ3) is 11.0. The molecule has 0 spiro atoms. The zero-order chi connectivity index (χ0) is 37.3. The molecular formula is C39H51N5O8. The van der Waals surface area contributed by atoms with Gasteiger partial charge in [-0.1, -0.05) is 81.4 Å². The van der Waals surface area contributed by atoms with Crippen molar-refractivity contribution in [2.24, 2.45) is 11.3 Å². The number of rotatable bonds is 14. The number of carbonyl (C=O) groups excluding carboxylic acids is 3. The number of carbonyl (C=O) groups is 3. The molecule has 2 aliphatic heterocycles. The van der Waals surface area contributed by atoms with Gasteiger partial charge in [0.1, 0.15) is 12.1 Å². The molecule has 3 aromatic rings. The van der Waals surface area contributed by atoms with Gasteiger partial charge in [0, 0.05) is 24.8 Å². The van der Waals surface area contributed by atoms with E-state index in [-0.39, 0.29) is 38.0 Å². The summed E-state index contributed by atoms with van der Waals surface area (Å²) in [4.78, 5) is 44.3. The SMILES string of the molecule is CC(C)OC(=O)NC(C(=O)NN(Cc1ccc(-c2ccccn2)cc1)CC(O)C(Cc1ccccc1)NC(=O)OC1COC2OCCC12)C(C)(C)C. The molecule has 13 heteroatoms. The fourth-order valence-electron chi connectivity index (χ4n) is 6.32. The van der Waals surface area contributed by atoms with Gasteiger partial charge in [-0.25, -0.2) is 14.6 Å². The van der Waals surface area contributed by atoms with E-state index < -0.39 is 47.8 Å². The molecular weight excluding hydrogens is 666 g/mol. The Kier molecular flexibility index (Phi) is 13.2. The molecule has 13 nitrogen and oxygen atoms in total. The normalized spacial score (nSPS) is 20.1. The van der Waals surface area contributed by atoms with E-state index >= 15 is 0 Å². The van der Waals surface area contributed by atoms with Gasteiger partial charge in [-0.3, -0.25) is 15.2 Å². The van der Waals surface area contributed by atoms with Gasteiger partial charge in [-0.2, -0.15) is 0 Å². The maximum Gasteiger partial charge on any atom is 0.408 e. The molecule has 0 aliphatic carbocycles. The number of ether oxygens (including phenoxy) is 4. The van der Waals surface area contributed by atoms with Crippen LogP contribution in [0.5, 0.6) is 0 Å². The third-order valence-corrected chi connectivity index (χ3v) is 9.01. The number of aliphatic hydroxyl groups is 1. The Hall–Kier alpha value is -4.56. The van der Waals surface area contributed by atoms with E-state index in [1.165, 1.54) is 0 Å². The molecule has 1 aromatic heterocycles. The van der Waals surface area contributed by atoms with E-state index in [0.29, 0.717) is 13.0 Å². The van der Waals surface area contributed by atoms with Gasteiger partial charge in [-0.05, 0) is 55.4 Å². The highest BCUT2D eigenvalue weighted by atomic mass is 16.7. The first-order valence-electron chi connectivity index (χ1n) is 17.8. The smallest absolute Gasteiger partial charge is 0.408 e. The van der Waals surface area contributed by atoms with Gasteiger partial charge >= 0.3 is 12.2 Å². The van der Waals surface area contributed by atoms with Crippen molar-refractivity contribution >= 4 is 18.1 Å². The van der Waals surface area contributed by atoms with E-state index in [2.05, 4.69) is 21.0 Å². The zero-order valence-corrected chi connectivity index (χ0v) is 30.5. The maximum absolute atomic E-state index is 13.9. The van der Waals surface area contributed by atoms with E-state index in [0.717, 1.165) is 28.8 Å². The molecule has 0 saturated carbocycles. The Labute approximate surface area is 305 Å². The van der Waals surface area contributed by atoms with Crippen molar-refractivity contribution in [2.45, 2.75) is 90.7 Å². The summed E-state index contributed by atoms with van der Waals surface area (Å²) in [6, 6.07) is 21.2. The van der Waals surface area contributed by atoms with Crippen molar-refractivity contribution in [3.8, 4) is 11.3 Å². The van der Waals surface area contributed by atoms with Crippen molar-refractivity contribution in [2.75, 3.05) is 19.8 Å². The van der Waals surface area contributed by atoms with Gasteiger partial charge in [0.2, 0.25) is 0 Å². The lowest BCUT2D eigenvalue weighted by atomic mass is 9.86. The number of aromatic nitrogens is 1. The molecule has 4 N–H and O–H groups in total. The number of hydrazine groups is 1. The van der Waals surface area contributed by atoms with Crippen LogP contribution in [0.15, 0.2) is 79.0 Å². The number of nitrogens with zero attached hydrogens (tertiary/aromatic N) is 2. The summed E-state index contributed by atoms with van der Waals surface area (Å²) in [5.74, 6) is -0.535. The number of pyridine rings is 1.